The Morgan fingerprint density at radius 1 is 1.60 bits per heavy atom. The van der Waals surface area contributed by atoms with Crippen molar-refractivity contribution in [2.75, 3.05) is 11.5 Å². The Balaban J connectivity index is 2.54. The van der Waals surface area contributed by atoms with Crippen LogP contribution in [0.3, 0.4) is 0 Å². The van der Waals surface area contributed by atoms with Crippen LogP contribution >= 0.6 is 11.8 Å². The van der Waals surface area contributed by atoms with Crippen molar-refractivity contribution in [2.24, 2.45) is 0 Å². The molecule has 0 saturated heterocycles. The summed E-state index contributed by atoms with van der Waals surface area (Å²) in [6.07, 6.45) is 2.23. The summed E-state index contributed by atoms with van der Waals surface area (Å²) in [4.78, 5) is 3.96. The SMILES string of the molecule is CCC(C)SCC(O)c1cccnc1N. The van der Waals surface area contributed by atoms with Gasteiger partial charge in [0.05, 0.1) is 6.10 Å². The Bertz CT molecular complexity index is 306. The molecule has 0 amide bonds. The number of nitrogens with zero attached hydrogens (tertiary/aromatic N) is 1. The summed E-state index contributed by atoms with van der Waals surface area (Å²) in [6, 6.07) is 3.62. The highest BCUT2D eigenvalue weighted by Gasteiger charge is 2.12. The molecule has 1 rings (SSSR count). The van der Waals surface area contributed by atoms with Crippen LogP contribution in [0.5, 0.6) is 0 Å². The highest BCUT2D eigenvalue weighted by Crippen LogP contribution is 2.24. The van der Waals surface area contributed by atoms with E-state index in [1.54, 1.807) is 24.0 Å². The Morgan fingerprint density at radius 2 is 2.33 bits per heavy atom. The predicted molar refractivity (Wildman–Crippen MR) is 65.8 cm³/mol. The first kappa shape index (κ1) is 12.3. The van der Waals surface area contributed by atoms with E-state index < -0.39 is 6.10 Å². The molecule has 2 unspecified atom stereocenters. The molecule has 0 aromatic carbocycles. The monoisotopic (exact) mass is 226 g/mol. The maximum Gasteiger partial charge on any atom is 0.129 e. The second-order valence-electron chi connectivity index (χ2n) is 3.55. The molecule has 0 aliphatic carbocycles. The molecule has 0 spiro atoms. The van der Waals surface area contributed by atoms with Crippen molar-refractivity contribution >= 4 is 17.6 Å². The van der Waals surface area contributed by atoms with E-state index in [-0.39, 0.29) is 0 Å². The van der Waals surface area contributed by atoms with E-state index >= 15 is 0 Å². The number of hydrogen-bond acceptors (Lipinski definition) is 4. The van der Waals surface area contributed by atoms with Crippen LogP contribution in [-0.4, -0.2) is 21.1 Å². The number of rotatable bonds is 5. The molecule has 0 saturated carbocycles. The van der Waals surface area contributed by atoms with Gasteiger partial charge >= 0.3 is 0 Å². The third kappa shape index (κ3) is 3.72. The average molecular weight is 226 g/mol. The lowest BCUT2D eigenvalue weighted by molar-refractivity contribution is 0.204. The quantitative estimate of drug-likeness (QED) is 0.808. The molecular formula is C11H18N2OS. The molecule has 84 valence electrons. The molecule has 0 fully saturated rings. The molecule has 3 nitrogen and oxygen atoms in total. The zero-order chi connectivity index (χ0) is 11.3. The van der Waals surface area contributed by atoms with Crippen molar-refractivity contribution in [2.45, 2.75) is 31.6 Å². The van der Waals surface area contributed by atoms with E-state index in [9.17, 15) is 5.11 Å². The number of pyridine rings is 1. The van der Waals surface area contributed by atoms with Crippen LogP contribution in [0.25, 0.3) is 0 Å². The predicted octanol–water partition coefficient (Wildman–Crippen LogP) is 2.23. The molecule has 0 aliphatic heterocycles. The second-order valence-corrected chi connectivity index (χ2v) is 5.02. The first-order chi connectivity index (χ1) is 7.15. The van der Waals surface area contributed by atoms with Crippen LogP contribution in [-0.2, 0) is 0 Å². The van der Waals surface area contributed by atoms with Crippen molar-refractivity contribution in [1.29, 1.82) is 0 Å². The van der Waals surface area contributed by atoms with Crippen LogP contribution < -0.4 is 5.73 Å². The minimum absolute atomic E-state index is 0.426. The van der Waals surface area contributed by atoms with Gasteiger partial charge in [0.1, 0.15) is 5.82 Å². The summed E-state index contributed by atoms with van der Waals surface area (Å²) in [7, 11) is 0. The van der Waals surface area contributed by atoms with Crippen LogP contribution in [0.1, 0.15) is 31.9 Å². The number of nitrogen functional groups attached to an aromatic ring is 1. The Kier molecular flexibility index (Phi) is 4.91. The number of anilines is 1. The summed E-state index contributed by atoms with van der Waals surface area (Å²) in [5.74, 6) is 1.10. The van der Waals surface area contributed by atoms with Gasteiger partial charge in [0.2, 0.25) is 0 Å². The normalized spacial score (nSPS) is 14.9. The number of aliphatic hydroxyl groups excluding tert-OH is 1. The lowest BCUT2D eigenvalue weighted by Gasteiger charge is -2.14. The molecule has 1 aromatic heterocycles. The van der Waals surface area contributed by atoms with E-state index in [0.717, 1.165) is 12.0 Å². The van der Waals surface area contributed by atoms with E-state index in [2.05, 4.69) is 18.8 Å². The second kappa shape index (κ2) is 5.98. The van der Waals surface area contributed by atoms with Gasteiger partial charge in [-0.15, -0.1) is 0 Å². The molecule has 4 heteroatoms. The lowest BCUT2D eigenvalue weighted by atomic mass is 10.2. The zero-order valence-electron chi connectivity index (χ0n) is 9.18. The first-order valence-electron chi connectivity index (χ1n) is 5.15. The summed E-state index contributed by atoms with van der Waals surface area (Å²) in [5.41, 5.74) is 6.41. The lowest BCUT2D eigenvalue weighted by Crippen LogP contribution is -2.08. The van der Waals surface area contributed by atoms with Gasteiger partial charge in [-0.2, -0.15) is 11.8 Å². The minimum Gasteiger partial charge on any atom is -0.387 e. The highest BCUT2D eigenvalue weighted by atomic mass is 32.2. The number of aromatic nitrogens is 1. The smallest absolute Gasteiger partial charge is 0.129 e. The number of aliphatic hydroxyl groups is 1. The van der Waals surface area contributed by atoms with Crippen molar-refractivity contribution in [3.63, 3.8) is 0 Å². The van der Waals surface area contributed by atoms with Crippen LogP contribution in [0.2, 0.25) is 0 Å². The number of thioether (sulfide) groups is 1. The Morgan fingerprint density at radius 3 is 2.93 bits per heavy atom. The topological polar surface area (TPSA) is 59.1 Å². The fraction of sp³-hybridized carbons (Fsp3) is 0.545. The van der Waals surface area contributed by atoms with Gasteiger partial charge in [-0.25, -0.2) is 4.98 Å². The largest absolute Gasteiger partial charge is 0.387 e. The molecule has 0 aliphatic rings. The van der Waals surface area contributed by atoms with E-state index in [1.165, 1.54) is 0 Å². The van der Waals surface area contributed by atoms with E-state index in [1.807, 2.05) is 6.07 Å². The van der Waals surface area contributed by atoms with Gasteiger partial charge in [-0.1, -0.05) is 19.9 Å². The van der Waals surface area contributed by atoms with Crippen LogP contribution in [0, 0.1) is 0 Å². The van der Waals surface area contributed by atoms with Crippen molar-refractivity contribution in [3.8, 4) is 0 Å². The maximum absolute atomic E-state index is 9.90. The van der Waals surface area contributed by atoms with Gasteiger partial charge in [0.25, 0.3) is 0 Å². The molecule has 2 atom stereocenters. The van der Waals surface area contributed by atoms with Crippen LogP contribution in [0.4, 0.5) is 5.82 Å². The molecular weight excluding hydrogens is 208 g/mol. The van der Waals surface area contributed by atoms with Gasteiger partial charge in [0, 0.05) is 22.8 Å². The van der Waals surface area contributed by atoms with Gasteiger partial charge in [-0.3, -0.25) is 0 Å². The molecule has 3 N–H and O–H groups in total. The summed E-state index contributed by atoms with van der Waals surface area (Å²) >= 11 is 1.75. The standard InChI is InChI=1S/C11H18N2OS/c1-3-8(2)15-7-10(14)9-5-4-6-13-11(9)12/h4-6,8,10,14H,3,7H2,1-2H3,(H2,12,13). The Hall–Kier alpha value is -0.740. The van der Waals surface area contributed by atoms with E-state index in [0.29, 0.717) is 16.8 Å². The maximum atomic E-state index is 9.90. The molecule has 0 bridgehead atoms. The number of nitrogens with two attached hydrogens (primary N) is 1. The summed E-state index contributed by atoms with van der Waals surface area (Å²) in [6.45, 7) is 4.30. The minimum atomic E-state index is -0.516. The van der Waals surface area contributed by atoms with Gasteiger partial charge in [0.15, 0.2) is 0 Å². The van der Waals surface area contributed by atoms with Gasteiger partial charge in [-0.05, 0) is 12.5 Å². The van der Waals surface area contributed by atoms with Crippen molar-refractivity contribution < 1.29 is 5.11 Å². The van der Waals surface area contributed by atoms with E-state index in [4.69, 9.17) is 5.73 Å². The first-order valence-corrected chi connectivity index (χ1v) is 6.20. The number of hydrogen-bond donors (Lipinski definition) is 2. The molecule has 1 aromatic rings. The Labute approximate surface area is 95.1 Å². The van der Waals surface area contributed by atoms with Crippen LogP contribution in [0.15, 0.2) is 18.3 Å². The third-order valence-corrected chi connectivity index (χ3v) is 3.75. The molecule has 15 heavy (non-hydrogen) atoms. The third-order valence-electron chi connectivity index (χ3n) is 2.34. The summed E-state index contributed by atoms with van der Waals surface area (Å²) in [5, 5.41) is 10.5. The fourth-order valence-electron chi connectivity index (χ4n) is 1.17. The van der Waals surface area contributed by atoms with Gasteiger partial charge < -0.3 is 10.8 Å². The fourth-order valence-corrected chi connectivity index (χ4v) is 2.10. The average Bonchev–Trinajstić information content (AvgIpc) is 2.26. The molecule has 1 heterocycles. The summed E-state index contributed by atoms with van der Waals surface area (Å²) < 4.78 is 0. The highest BCUT2D eigenvalue weighted by molar-refractivity contribution is 7.99. The van der Waals surface area contributed by atoms with Crippen molar-refractivity contribution in [1.82, 2.24) is 4.98 Å². The molecule has 0 radical (unpaired) electrons. The zero-order valence-corrected chi connectivity index (χ0v) is 10.00. The van der Waals surface area contributed by atoms with Crippen molar-refractivity contribution in [3.05, 3.63) is 23.9 Å².